The quantitative estimate of drug-likeness (QED) is 0.401. The van der Waals surface area contributed by atoms with Gasteiger partial charge in [0.25, 0.3) is 0 Å². The number of esters is 2. The molecule has 25 heavy (non-hydrogen) atoms. The van der Waals surface area contributed by atoms with E-state index < -0.39 is 58.9 Å². The number of aliphatic hydroxyl groups is 1. The molecule has 1 spiro atoms. The average molecular weight is 346 g/mol. The van der Waals surface area contributed by atoms with E-state index in [-0.39, 0.29) is 12.0 Å². The van der Waals surface area contributed by atoms with Crippen LogP contribution in [0.15, 0.2) is 24.3 Å². The standard InChI is InChI=1S/C18H18O7/c1-4-7-18-6(5-8(19)22-7)16(2)11-9(14(18)25-18)24-15(21)17(11,3)12(20)10-13(16)23-10/h4-5,7,9-14,20H,1H2,2-3H3/t7-,9+,10+,11-,12+,13+,14-,16-,17-,18-/m1/s1. The summed E-state index contributed by atoms with van der Waals surface area (Å²) in [6.45, 7) is 7.51. The van der Waals surface area contributed by atoms with E-state index in [0.717, 1.165) is 5.57 Å². The van der Waals surface area contributed by atoms with Crippen molar-refractivity contribution in [2.75, 3.05) is 0 Å². The van der Waals surface area contributed by atoms with Crippen LogP contribution in [-0.4, -0.2) is 59.3 Å². The molecular weight excluding hydrogens is 328 g/mol. The summed E-state index contributed by atoms with van der Waals surface area (Å²) in [7, 11) is 0. The van der Waals surface area contributed by atoms with Crippen LogP contribution in [0.4, 0.5) is 0 Å². The van der Waals surface area contributed by atoms with Crippen molar-refractivity contribution in [2.45, 2.75) is 56.1 Å². The highest BCUT2D eigenvalue weighted by Crippen LogP contribution is 2.75. The zero-order valence-corrected chi connectivity index (χ0v) is 13.8. The Morgan fingerprint density at radius 3 is 2.64 bits per heavy atom. The van der Waals surface area contributed by atoms with Crippen LogP contribution in [0.25, 0.3) is 0 Å². The zero-order valence-electron chi connectivity index (χ0n) is 13.8. The lowest BCUT2D eigenvalue weighted by molar-refractivity contribution is -0.155. The minimum absolute atomic E-state index is 0.276. The lowest BCUT2D eigenvalue weighted by atomic mass is 9.46. The molecule has 0 aromatic carbocycles. The Morgan fingerprint density at radius 2 is 1.92 bits per heavy atom. The van der Waals surface area contributed by atoms with Gasteiger partial charge < -0.3 is 24.1 Å². The number of hydrogen-bond acceptors (Lipinski definition) is 7. The van der Waals surface area contributed by atoms with Crippen LogP contribution >= 0.6 is 0 Å². The Hall–Kier alpha value is -1.70. The molecule has 0 amide bonds. The summed E-state index contributed by atoms with van der Waals surface area (Å²) in [5, 5.41) is 10.7. The van der Waals surface area contributed by atoms with Gasteiger partial charge in [0, 0.05) is 17.4 Å². The van der Waals surface area contributed by atoms with Crippen LogP contribution in [-0.2, 0) is 28.5 Å². The third kappa shape index (κ3) is 1.21. The van der Waals surface area contributed by atoms with Gasteiger partial charge in [-0.25, -0.2) is 4.79 Å². The van der Waals surface area contributed by atoms with Gasteiger partial charge in [-0.2, -0.15) is 0 Å². The van der Waals surface area contributed by atoms with E-state index in [1.54, 1.807) is 13.0 Å². The van der Waals surface area contributed by atoms with E-state index in [2.05, 4.69) is 6.58 Å². The number of ether oxygens (including phenoxy) is 4. The second-order valence-corrected chi connectivity index (χ2v) is 8.36. The van der Waals surface area contributed by atoms with Crippen LogP contribution in [0, 0.1) is 16.7 Å². The van der Waals surface area contributed by atoms with Crippen molar-refractivity contribution in [3.8, 4) is 0 Å². The first-order valence-electron chi connectivity index (χ1n) is 8.59. The van der Waals surface area contributed by atoms with Gasteiger partial charge in [-0.05, 0) is 18.6 Å². The molecular formula is C18H18O7. The SMILES string of the molecule is C=C[C@H]1OC(=O)C=C2[C@]3(C)[C@H]4[C@H](OC(=O)[C@@]4(C)[C@@H](O)[C@@H]4O[C@@H]43)[C@H]3O[C@@]231. The molecule has 0 aromatic rings. The predicted molar refractivity (Wildman–Crippen MR) is 80.0 cm³/mol. The Labute approximate surface area is 143 Å². The van der Waals surface area contributed by atoms with E-state index in [1.165, 1.54) is 6.08 Å². The van der Waals surface area contributed by atoms with Crippen molar-refractivity contribution in [1.82, 2.24) is 0 Å². The first-order chi connectivity index (χ1) is 11.8. The van der Waals surface area contributed by atoms with E-state index in [1.807, 2.05) is 6.92 Å². The number of aliphatic hydroxyl groups excluding tert-OH is 1. The van der Waals surface area contributed by atoms with Gasteiger partial charge in [0.1, 0.15) is 23.7 Å². The van der Waals surface area contributed by atoms with Gasteiger partial charge in [0.05, 0.1) is 12.2 Å². The molecule has 4 aliphatic heterocycles. The van der Waals surface area contributed by atoms with Crippen molar-refractivity contribution in [3.05, 3.63) is 24.3 Å². The minimum Gasteiger partial charge on any atom is -0.459 e. The molecule has 6 rings (SSSR count). The van der Waals surface area contributed by atoms with Crippen LogP contribution < -0.4 is 0 Å². The molecule has 3 saturated heterocycles. The Balaban J connectivity index is 1.62. The second kappa shape index (κ2) is 3.70. The third-order valence-corrected chi connectivity index (χ3v) is 7.47. The molecule has 2 saturated carbocycles. The van der Waals surface area contributed by atoms with Crippen LogP contribution in [0.2, 0.25) is 0 Å². The number of epoxide rings is 2. The molecule has 0 aromatic heterocycles. The maximum atomic E-state index is 12.7. The maximum absolute atomic E-state index is 12.7. The molecule has 0 bridgehead atoms. The third-order valence-electron chi connectivity index (χ3n) is 7.47. The minimum atomic E-state index is -1.08. The summed E-state index contributed by atoms with van der Waals surface area (Å²) in [5.74, 6) is -1.20. The largest absolute Gasteiger partial charge is 0.459 e. The van der Waals surface area contributed by atoms with Crippen molar-refractivity contribution in [3.63, 3.8) is 0 Å². The number of carbonyl (C=O) groups is 2. The number of hydrogen-bond donors (Lipinski definition) is 1. The fraction of sp³-hybridized carbons (Fsp3) is 0.667. The lowest BCUT2D eigenvalue weighted by Gasteiger charge is -2.53. The summed E-state index contributed by atoms with van der Waals surface area (Å²) in [5.41, 5.74) is -1.78. The summed E-state index contributed by atoms with van der Waals surface area (Å²) < 4.78 is 23.0. The fourth-order valence-electron chi connectivity index (χ4n) is 6.34. The molecule has 2 aliphatic carbocycles. The Kier molecular flexibility index (Phi) is 2.14. The van der Waals surface area contributed by atoms with Crippen molar-refractivity contribution >= 4 is 11.9 Å². The molecule has 0 radical (unpaired) electrons. The van der Waals surface area contributed by atoms with Gasteiger partial charge in [-0.3, -0.25) is 4.79 Å². The topological polar surface area (TPSA) is 97.9 Å². The van der Waals surface area contributed by atoms with E-state index >= 15 is 0 Å². The highest BCUT2D eigenvalue weighted by molar-refractivity contribution is 5.88. The van der Waals surface area contributed by atoms with E-state index in [4.69, 9.17) is 18.9 Å². The first-order valence-corrected chi connectivity index (χ1v) is 8.59. The van der Waals surface area contributed by atoms with Crippen molar-refractivity contribution in [1.29, 1.82) is 0 Å². The molecule has 4 heterocycles. The van der Waals surface area contributed by atoms with Gasteiger partial charge in [-0.15, -0.1) is 0 Å². The highest BCUT2D eigenvalue weighted by atomic mass is 16.7. The van der Waals surface area contributed by atoms with Crippen molar-refractivity contribution in [2.24, 2.45) is 16.7 Å². The number of carbonyl (C=O) groups excluding carboxylic acids is 2. The molecule has 7 nitrogen and oxygen atoms in total. The summed E-state index contributed by atoms with van der Waals surface area (Å²) in [4.78, 5) is 24.9. The molecule has 5 fully saturated rings. The number of cyclic esters (lactones) is 1. The summed E-state index contributed by atoms with van der Waals surface area (Å²) >= 11 is 0. The first kappa shape index (κ1) is 14.5. The van der Waals surface area contributed by atoms with Gasteiger partial charge in [-0.1, -0.05) is 13.5 Å². The highest BCUT2D eigenvalue weighted by Gasteiger charge is 2.88. The Morgan fingerprint density at radius 1 is 1.16 bits per heavy atom. The van der Waals surface area contributed by atoms with Crippen molar-refractivity contribution < 1.29 is 33.6 Å². The number of fused-ring (bicyclic) bond motifs is 4. The van der Waals surface area contributed by atoms with E-state index in [9.17, 15) is 14.7 Å². The van der Waals surface area contributed by atoms with Gasteiger partial charge in [0.15, 0.2) is 11.7 Å². The lowest BCUT2D eigenvalue weighted by Crippen LogP contribution is -2.65. The zero-order chi connectivity index (χ0) is 17.5. The second-order valence-electron chi connectivity index (χ2n) is 8.36. The summed E-state index contributed by atoms with van der Waals surface area (Å²) in [6, 6.07) is 0. The van der Waals surface area contributed by atoms with Crippen LogP contribution in [0.5, 0.6) is 0 Å². The normalized spacial score (nSPS) is 62.4. The molecule has 0 unspecified atom stereocenters. The summed E-state index contributed by atoms with van der Waals surface area (Å²) in [6.07, 6.45) is -0.125. The van der Waals surface area contributed by atoms with E-state index in [0.29, 0.717) is 0 Å². The smallest absolute Gasteiger partial charge is 0.331 e. The fourth-order valence-corrected chi connectivity index (χ4v) is 6.34. The molecule has 7 heteroatoms. The monoisotopic (exact) mass is 346 g/mol. The Bertz CT molecular complexity index is 803. The predicted octanol–water partition coefficient (Wildman–Crippen LogP) is -0.129. The maximum Gasteiger partial charge on any atom is 0.331 e. The van der Waals surface area contributed by atoms with Gasteiger partial charge in [0.2, 0.25) is 0 Å². The molecule has 1 N–H and O–H groups in total. The van der Waals surface area contributed by atoms with Crippen LogP contribution in [0.1, 0.15) is 13.8 Å². The van der Waals surface area contributed by atoms with Gasteiger partial charge >= 0.3 is 11.9 Å². The molecule has 10 atom stereocenters. The molecule has 132 valence electrons. The number of rotatable bonds is 1. The van der Waals surface area contributed by atoms with Crippen LogP contribution in [0.3, 0.4) is 0 Å². The average Bonchev–Trinajstić information content (AvgIpc) is 3.46. The molecule has 6 aliphatic rings.